The summed E-state index contributed by atoms with van der Waals surface area (Å²) in [5.41, 5.74) is 9.74. The largest absolute Gasteiger partial charge is 4.00 e. The summed E-state index contributed by atoms with van der Waals surface area (Å²) in [6.07, 6.45) is 13.3. The Bertz CT molecular complexity index is 498. The fourth-order valence-electron chi connectivity index (χ4n) is 4.12. The molecule has 0 N–H and O–H groups in total. The second-order valence-corrected chi connectivity index (χ2v) is 6.74. The van der Waals surface area contributed by atoms with E-state index < -0.39 is 0 Å². The van der Waals surface area contributed by atoms with Gasteiger partial charge < -0.3 is 14.9 Å². The van der Waals surface area contributed by atoms with Crippen LogP contribution in [0, 0.1) is 14.9 Å². The first-order valence-electron chi connectivity index (χ1n) is 8.43. The van der Waals surface area contributed by atoms with E-state index in [1.165, 1.54) is 64.2 Å². The molecule has 2 aliphatic rings. The van der Waals surface area contributed by atoms with Crippen LogP contribution < -0.4 is 0 Å². The fourth-order valence-corrected chi connectivity index (χ4v) is 4.12. The van der Waals surface area contributed by atoms with E-state index >= 15 is 0 Å². The molecule has 122 valence electrons. The molecular formula is C22H30Ti. The van der Waals surface area contributed by atoms with Gasteiger partial charge in [-0.25, -0.2) is 12.1 Å². The smallest absolute Gasteiger partial charge is 0.358 e. The zero-order chi connectivity index (χ0) is 13.4. The van der Waals surface area contributed by atoms with Crippen LogP contribution in [-0.4, -0.2) is 0 Å². The maximum Gasteiger partial charge on any atom is 4.00 e. The van der Waals surface area contributed by atoms with Crippen molar-refractivity contribution in [1.82, 2.24) is 0 Å². The molecule has 2 aliphatic carbocycles. The van der Waals surface area contributed by atoms with E-state index in [-0.39, 0.29) is 36.6 Å². The van der Waals surface area contributed by atoms with Crippen molar-refractivity contribution >= 4 is 0 Å². The minimum atomic E-state index is 0. The van der Waals surface area contributed by atoms with Crippen LogP contribution in [0.5, 0.6) is 0 Å². The van der Waals surface area contributed by atoms with Crippen LogP contribution in [0.25, 0.3) is 0 Å². The molecule has 0 unspecified atom stereocenters. The summed E-state index contributed by atoms with van der Waals surface area (Å²) in [4.78, 5) is 0. The Morgan fingerprint density at radius 1 is 0.652 bits per heavy atom. The number of hydrogen-bond acceptors (Lipinski definition) is 0. The van der Waals surface area contributed by atoms with Gasteiger partial charge in [0.25, 0.3) is 0 Å². The van der Waals surface area contributed by atoms with Gasteiger partial charge in [-0.15, -0.1) is 0 Å². The molecule has 0 radical (unpaired) electrons. The van der Waals surface area contributed by atoms with E-state index in [1.54, 1.807) is 33.4 Å². The van der Waals surface area contributed by atoms with Gasteiger partial charge in [0, 0.05) is 0 Å². The zero-order valence-electron chi connectivity index (χ0n) is 14.9. The average molecular weight is 342 g/mol. The third kappa shape index (κ3) is 4.49. The summed E-state index contributed by atoms with van der Waals surface area (Å²) in [6.45, 7) is 0. The first-order valence-corrected chi connectivity index (χ1v) is 8.43. The van der Waals surface area contributed by atoms with Crippen LogP contribution in [0.3, 0.4) is 0 Å². The van der Waals surface area contributed by atoms with E-state index in [4.69, 9.17) is 0 Å². The maximum atomic E-state index is 2.48. The summed E-state index contributed by atoms with van der Waals surface area (Å²) in [5, 5.41) is 0. The maximum absolute atomic E-state index is 2.48. The molecule has 0 atom stereocenters. The monoisotopic (exact) mass is 342 g/mol. The van der Waals surface area contributed by atoms with Crippen molar-refractivity contribution < 1.29 is 21.7 Å². The molecular weight excluding hydrogens is 312 g/mol. The van der Waals surface area contributed by atoms with E-state index in [2.05, 4.69) is 24.3 Å². The molecule has 23 heavy (non-hydrogen) atoms. The van der Waals surface area contributed by atoms with Crippen LogP contribution in [0.15, 0.2) is 24.3 Å². The van der Waals surface area contributed by atoms with Crippen molar-refractivity contribution in [3.8, 4) is 0 Å². The SMILES string of the molecule is [CH3-].[CH3-].[Ti+4].c1c(CCc2cc3c([cH-]2)CCCC3)[cH-]c2c1CCCC2. The molecule has 0 fully saturated rings. The predicted octanol–water partition coefficient (Wildman–Crippen LogP) is 5.57. The third-order valence-electron chi connectivity index (χ3n) is 5.25. The molecule has 0 spiro atoms. The Morgan fingerprint density at radius 2 is 1.04 bits per heavy atom. The summed E-state index contributed by atoms with van der Waals surface area (Å²) < 4.78 is 0. The molecule has 0 amide bonds. The number of fused-ring (bicyclic) bond motifs is 2. The predicted molar refractivity (Wildman–Crippen MR) is 97.6 cm³/mol. The molecule has 0 bridgehead atoms. The molecule has 0 saturated heterocycles. The van der Waals surface area contributed by atoms with Gasteiger partial charge in [0.05, 0.1) is 0 Å². The Morgan fingerprint density at radius 3 is 1.43 bits per heavy atom. The van der Waals surface area contributed by atoms with Gasteiger partial charge in [0.15, 0.2) is 0 Å². The van der Waals surface area contributed by atoms with Crippen molar-refractivity contribution in [3.63, 3.8) is 0 Å². The van der Waals surface area contributed by atoms with Crippen molar-refractivity contribution in [2.45, 2.75) is 64.2 Å². The van der Waals surface area contributed by atoms with E-state index in [0.29, 0.717) is 0 Å². The second kappa shape index (κ2) is 9.04. The van der Waals surface area contributed by atoms with Crippen LogP contribution in [0.4, 0.5) is 0 Å². The first kappa shape index (κ1) is 20.5. The summed E-state index contributed by atoms with van der Waals surface area (Å²) in [7, 11) is 0. The molecule has 2 aromatic carbocycles. The second-order valence-electron chi connectivity index (χ2n) is 6.74. The minimum Gasteiger partial charge on any atom is -0.358 e. The van der Waals surface area contributed by atoms with Gasteiger partial charge in [-0.2, -0.15) is 45.5 Å². The minimum absolute atomic E-state index is 0. The van der Waals surface area contributed by atoms with Gasteiger partial charge in [0.2, 0.25) is 0 Å². The molecule has 0 aliphatic heterocycles. The number of hydrogen-bond donors (Lipinski definition) is 0. The van der Waals surface area contributed by atoms with E-state index in [0.717, 1.165) is 0 Å². The quantitative estimate of drug-likeness (QED) is 0.506. The number of aryl methyl sites for hydroxylation is 6. The van der Waals surface area contributed by atoms with Gasteiger partial charge in [0.1, 0.15) is 0 Å². The summed E-state index contributed by atoms with van der Waals surface area (Å²) >= 11 is 0. The summed E-state index contributed by atoms with van der Waals surface area (Å²) in [6, 6.07) is 9.93. The normalized spacial score (nSPS) is 15.5. The van der Waals surface area contributed by atoms with Crippen molar-refractivity contribution in [1.29, 1.82) is 0 Å². The standard InChI is InChI=1S/C20H24.2CH3.Ti/c1-2-6-18-12-15(11-17(18)5-1)9-10-16-13-19-7-3-4-8-20(19)14-16;;;/h11-14H,1-10H2;2*1H3;/q-2;2*-1;+4. The van der Waals surface area contributed by atoms with Crippen LogP contribution >= 0.6 is 0 Å². The van der Waals surface area contributed by atoms with Gasteiger partial charge in [-0.05, 0) is 12.8 Å². The van der Waals surface area contributed by atoms with Crippen molar-refractivity contribution in [2.24, 2.45) is 0 Å². The van der Waals surface area contributed by atoms with Crippen LogP contribution in [-0.2, 0) is 60.2 Å². The Labute approximate surface area is 158 Å². The van der Waals surface area contributed by atoms with E-state index in [1.807, 2.05) is 0 Å². The Hall–Kier alpha value is -0.586. The Balaban J connectivity index is 0.000000882. The van der Waals surface area contributed by atoms with Crippen LogP contribution in [0.1, 0.15) is 59.1 Å². The van der Waals surface area contributed by atoms with Gasteiger partial charge >= 0.3 is 21.7 Å². The zero-order valence-corrected chi connectivity index (χ0v) is 16.4. The first-order chi connectivity index (χ1) is 9.88. The Kier molecular flexibility index (Phi) is 8.04. The number of rotatable bonds is 3. The molecule has 0 nitrogen and oxygen atoms in total. The van der Waals surface area contributed by atoms with Crippen molar-refractivity contribution in [2.75, 3.05) is 0 Å². The molecule has 2 aromatic rings. The van der Waals surface area contributed by atoms with E-state index in [9.17, 15) is 0 Å². The van der Waals surface area contributed by atoms with Crippen molar-refractivity contribution in [3.05, 3.63) is 72.5 Å². The van der Waals surface area contributed by atoms with Gasteiger partial charge in [-0.1, -0.05) is 51.4 Å². The fraction of sp³-hybridized carbons (Fsp3) is 0.455. The molecule has 0 aromatic heterocycles. The molecule has 0 heterocycles. The molecule has 1 heteroatoms. The van der Waals surface area contributed by atoms with Gasteiger partial charge in [-0.3, -0.25) is 0 Å². The van der Waals surface area contributed by atoms with Crippen LogP contribution in [0.2, 0.25) is 0 Å². The third-order valence-corrected chi connectivity index (χ3v) is 5.25. The topological polar surface area (TPSA) is 0 Å². The molecule has 0 saturated carbocycles. The average Bonchev–Trinajstić information content (AvgIpc) is 3.07. The summed E-state index contributed by atoms with van der Waals surface area (Å²) in [5.74, 6) is 0. The molecule has 4 rings (SSSR count).